The van der Waals surface area contributed by atoms with Gasteiger partial charge in [-0.3, -0.25) is 0 Å². The van der Waals surface area contributed by atoms with Gasteiger partial charge in [-0.1, -0.05) is 17.7 Å². The maximum atomic E-state index is 9.73. The second kappa shape index (κ2) is 4.92. The van der Waals surface area contributed by atoms with Gasteiger partial charge in [0.05, 0.1) is 10.4 Å². The third-order valence-electron chi connectivity index (χ3n) is 3.17. The van der Waals surface area contributed by atoms with Gasteiger partial charge in [-0.05, 0) is 48.2 Å². The molecule has 2 aromatic rings. The highest BCUT2D eigenvalue weighted by Gasteiger charge is 2.20. The number of ether oxygens (including phenoxy) is 1. The highest BCUT2D eigenvalue weighted by molar-refractivity contribution is 7.16. The Morgan fingerprint density at radius 1 is 1.33 bits per heavy atom. The van der Waals surface area contributed by atoms with Crippen LogP contribution in [0.5, 0.6) is 5.75 Å². The fourth-order valence-corrected chi connectivity index (χ4v) is 3.25. The van der Waals surface area contributed by atoms with Crippen LogP contribution in [-0.2, 0) is 13.0 Å². The van der Waals surface area contributed by atoms with Crippen LogP contribution in [0.2, 0.25) is 4.34 Å². The number of hydrogen-bond acceptors (Lipinski definition) is 3. The minimum atomic E-state index is -0.301. The number of thiophene rings is 1. The molecule has 18 heavy (non-hydrogen) atoms. The number of aliphatic hydroxyl groups excluding tert-OH is 1. The molecule has 1 heterocycles. The van der Waals surface area contributed by atoms with E-state index >= 15 is 0 Å². The molecule has 0 spiro atoms. The first-order valence-corrected chi connectivity index (χ1v) is 7.10. The zero-order chi connectivity index (χ0) is 12.5. The second-order valence-electron chi connectivity index (χ2n) is 4.41. The molecule has 1 atom stereocenters. The molecule has 0 saturated carbocycles. The Balaban J connectivity index is 1.70. The highest BCUT2D eigenvalue weighted by atomic mass is 35.5. The van der Waals surface area contributed by atoms with Gasteiger partial charge in [0.15, 0.2) is 0 Å². The summed E-state index contributed by atoms with van der Waals surface area (Å²) in [5.41, 5.74) is 2.24. The zero-order valence-corrected chi connectivity index (χ0v) is 11.3. The normalized spacial score (nSPS) is 17.8. The molecule has 0 amide bonds. The molecule has 1 N–H and O–H groups in total. The van der Waals surface area contributed by atoms with E-state index in [0.717, 1.165) is 33.4 Å². The molecule has 1 aliphatic carbocycles. The largest absolute Gasteiger partial charge is 0.488 e. The molecule has 0 bridgehead atoms. The minimum Gasteiger partial charge on any atom is -0.488 e. The lowest BCUT2D eigenvalue weighted by Gasteiger charge is -2.08. The van der Waals surface area contributed by atoms with Gasteiger partial charge >= 0.3 is 0 Å². The first kappa shape index (κ1) is 12.0. The number of fused-ring (bicyclic) bond motifs is 1. The summed E-state index contributed by atoms with van der Waals surface area (Å²) < 4.78 is 6.52. The molecule has 0 radical (unpaired) electrons. The molecular formula is C14H13ClO2S. The van der Waals surface area contributed by atoms with Crippen LogP contribution in [0.4, 0.5) is 0 Å². The number of aryl methyl sites for hydroxylation is 1. The van der Waals surface area contributed by atoms with Gasteiger partial charge in [-0.15, -0.1) is 11.3 Å². The fourth-order valence-electron chi connectivity index (χ4n) is 2.24. The summed E-state index contributed by atoms with van der Waals surface area (Å²) in [6.07, 6.45) is 1.45. The quantitative estimate of drug-likeness (QED) is 0.922. The van der Waals surface area contributed by atoms with Crippen LogP contribution in [0.1, 0.15) is 28.5 Å². The summed E-state index contributed by atoms with van der Waals surface area (Å²) in [6.45, 7) is 0.540. The fraction of sp³-hybridized carbons (Fsp3) is 0.286. The smallest absolute Gasteiger partial charge is 0.122 e. The molecule has 1 aromatic heterocycles. The van der Waals surface area contributed by atoms with E-state index in [1.165, 1.54) is 16.9 Å². The van der Waals surface area contributed by atoms with Gasteiger partial charge in [-0.2, -0.15) is 0 Å². The number of aliphatic hydroxyl groups is 1. The molecule has 0 saturated heterocycles. The van der Waals surface area contributed by atoms with Crippen molar-refractivity contribution < 1.29 is 9.84 Å². The Morgan fingerprint density at radius 3 is 3.00 bits per heavy atom. The van der Waals surface area contributed by atoms with Gasteiger partial charge in [-0.25, -0.2) is 0 Å². The molecule has 1 aromatic carbocycles. The zero-order valence-electron chi connectivity index (χ0n) is 9.73. The molecule has 2 nitrogen and oxygen atoms in total. The number of hydrogen-bond donors (Lipinski definition) is 1. The average Bonchev–Trinajstić information content (AvgIpc) is 2.94. The lowest BCUT2D eigenvalue weighted by molar-refractivity contribution is 0.180. The van der Waals surface area contributed by atoms with E-state index < -0.39 is 0 Å². The lowest BCUT2D eigenvalue weighted by atomic mass is 10.1. The van der Waals surface area contributed by atoms with E-state index in [-0.39, 0.29) is 6.10 Å². The van der Waals surface area contributed by atoms with Gasteiger partial charge in [0.2, 0.25) is 0 Å². The summed E-state index contributed by atoms with van der Waals surface area (Å²) >= 11 is 7.40. The van der Waals surface area contributed by atoms with E-state index in [1.54, 1.807) is 0 Å². The van der Waals surface area contributed by atoms with Crippen molar-refractivity contribution in [1.29, 1.82) is 0 Å². The molecule has 3 rings (SSSR count). The van der Waals surface area contributed by atoms with Crippen LogP contribution < -0.4 is 4.74 Å². The molecule has 0 aliphatic heterocycles. The maximum absolute atomic E-state index is 9.73. The Hall–Kier alpha value is -1.03. The molecule has 1 aliphatic rings. The predicted molar refractivity (Wildman–Crippen MR) is 73.4 cm³/mol. The number of benzene rings is 1. The van der Waals surface area contributed by atoms with Gasteiger partial charge in [0, 0.05) is 4.88 Å². The predicted octanol–water partition coefficient (Wildman–Crippen LogP) is 3.96. The Labute approximate surface area is 115 Å². The van der Waals surface area contributed by atoms with Crippen molar-refractivity contribution >= 4 is 22.9 Å². The topological polar surface area (TPSA) is 29.5 Å². The second-order valence-corrected chi connectivity index (χ2v) is 6.21. The summed E-state index contributed by atoms with van der Waals surface area (Å²) in [5, 5.41) is 9.73. The maximum Gasteiger partial charge on any atom is 0.122 e. The van der Waals surface area contributed by atoms with Crippen LogP contribution >= 0.6 is 22.9 Å². The van der Waals surface area contributed by atoms with Crippen LogP contribution in [0.15, 0.2) is 30.3 Å². The Morgan fingerprint density at radius 2 is 2.22 bits per heavy atom. The monoisotopic (exact) mass is 280 g/mol. The molecule has 94 valence electrons. The van der Waals surface area contributed by atoms with Crippen molar-refractivity contribution in [3.8, 4) is 5.75 Å². The first-order valence-electron chi connectivity index (χ1n) is 5.90. The SMILES string of the molecule is OC1CCc2cc(OCc3ccc(Cl)s3)ccc21. The Kier molecular flexibility index (Phi) is 3.29. The molecule has 0 fully saturated rings. The summed E-state index contributed by atoms with van der Waals surface area (Å²) in [7, 11) is 0. The van der Waals surface area contributed by atoms with E-state index in [2.05, 4.69) is 0 Å². The molecular weight excluding hydrogens is 268 g/mol. The molecule has 1 unspecified atom stereocenters. The van der Waals surface area contributed by atoms with Crippen molar-refractivity contribution in [1.82, 2.24) is 0 Å². The van der Waals surface area contributed by atoms with Crippen LogP contribution in [0, 0.1) is 0 Å². The number of rotatable bonds is 3. The van der Waals surface area contributed by atoms with Crippen molar-refractivity contribution in [2.75, 3.05) is 0 Å². The van der Waals surface area contributed by atoms with E-state index in [9.17, 15) is 5.11 Å². The Bertz CT molecular complexity index is 565. The minimum absolute atomic E-state index is 0.301. The van der Waals surface area contributed by atoms with Crippen LogP contribution in [0.3, 0.4) is 0 Å². The van der Waals surface area contributed by atoms with Gasteiger partial charge in [0.1, 0.15) is 12.4 Å². The van der Waals surface area contributed by atoms with Crippen molar-refractivity contribution in [2.45, 2.75) is 25.6 Å². The first-order chi connectivity index (χ1) is 8.72. The third kappa shape index (κ3) is 2.39. The standard InChI is InChI=1S/C14H13ClO2S/c15-14-6-3-11(18-14)8-17-10-2-4-12-9(7-10)1-5-13(12)16/h2-4,6-7,13,16H,1,5,8H2. The summed E-state index contributed by atoms with van der Waals surface area (Å²) in [6, 6.07) is 9.77. The van der Waals surface area contributed by atoms with Crippen LogP contribution in [-0.4, -0.2) is 5.11 Å². The van der Waals surface area contributed by atoms with Crippen molar-refractivity contribution in [3.05, 3.63) is 50.7 Å². The summed E-state index contributed by atoms with van der Waals surface area (Å²) in [5.74, 6) is 0.854. The van der Waals surface area contributed by atoms with Gasteiger partial charge in [0.25, 0.3) is 0 Å². The van der Waals surface area contributed by atoms with Crippen molar-refractivity contribution in [3.63, 3.8) is 0 Å². The van der Waals surface area contributed by atoms with Crippen molar-refractivity contribution in [2.24, 2.45) is 0 Å². The summed E-state index contributed by atoms with van der Waals surface area (Å²) in [4.78, 5) is 1.11. The molecule has 4 heteroatoms. The van der Waals surface area contributed by atoms with Crippen LogP contribution in [0.25, 0.3) is 0 Å². The third-order valence-corrected chi connectivity index (χ3v) is 4.38. The van der Waals surface area contributed by atoms with Gasteiger partial charge < -0.3 is 9.84 Å². The highest BCUT2D eigenvalue weighted by Crippen LogP contribution is 2.33. The lowest BCUT2D eigenvalue weighted by Crippen LogP contribution is -1.95. The van der Waals surface area contributed by atoms with E-state index in [0.29, 0.717) is 6.61 Å². The van der Waals surface area contributed by atoms with E-state index in [4.69, 9.17) is 16.3 Å². The average molecular weight is 281 g/mol. The number of halogens is 1. The van der Waals surface area contributed by atoms with E-state index in [1.807, 2.05) is 30.3 Å².